The molecule has 0 saturated heterocycles. The van der Waals surface area contributed by atoms with Crippen molar-refractivity contribution >= 4 is 11.4 Å². The second-order valence-electron chi connectivity index (χ2n) is 2.28. The third-order valence-electron chi connectivity index (χ3n) is 1.50. The summed E-state index contributed by atoms with van der Waals surface area (Å²) < 4.78 is 24.6. The quantitative estimate of drug-likeness (QED) is 0.669. The van der Waals surface area contributed by atoms with Crippen molar-refractivity contribution in [3.05, 3.63) is 29.8 Å². The standard InChI is InChI=1S/C8H10O3S/c1-2-7-3-5-8(6-4-7)11-12(9)10/h3-6H,2H2,1H3,(H,9,10)/p-1. The first-order chi connectivity index (χ1) is 5.72. The maximum absolute atomic E-state index is 10.1. The molecule has 0 bridgehead atoms. The summed E-state index contributed by atoms with van der Waals surface area (Å²) in [6.07, 6.45) is 0.931. The van der Waals surface area contributed by atoms with Crippen LogP contribution in [0.1, 0.15) is 12.5 Å². The maximum atomic E-state index is 10.1. The second kappa shape index (κ2) is 4.23. The van der Waals surface area contributed by atoms with Gasteiger partial charge < -0.3 is 8.74 Å². The van der Waals surface area contributed by atoms with Crippen LogP contribution in [0.15, 0.2) is 24.3 Å². The van der Waals surface area contributed by atoms with Gasteiger partial charge in [-0.2, -0.15) is 0 Å². The zero-order valence-corrected chi connectivity index (χ0v) is 7.47. The molecule has 0 saturated carbocycles. The summed E-state index contributed by atoms with van der Waals surface area (Å²) in [5, 5.41) is 0. The highest BCUT2D eigenvalue weighted by Crippen LogP contribution is 2.12. The summed E-state index contributed by atoms with van der Waals surface area (Å²) in [7, 11) is 0. The summed E-state index contributed by atoms with van der Waals surface area (Å²) in [5.74, 6) is 0.348. The van der Waals surface area contributed by atoms with Crippen LogP contribution in [-0.4, -0.2) is 8.76 Å². The Kier molecular flexibility index (Phi) is 3.25. The van der Waals surface area contributed by atoms with Crippen LogP contribution >= 0.6 is 0 Å². The normalized spacial score (nSPS) is 12.5. The Balaban J connectivity index is 2.71. The lowest BCUT2D eigenvalue weighted by molar-refractivity contribution is 0.440. The van der Waals surface area contributed by atoms with Crippen molar-refractivity contribution in [1.29, 1.82) is 0 Å². The van der Waals surface area contributed by atoms with Crippen LogP contribution in [0.3, 0.4) is 0 Å². The third kappa shape index (κ3) is 2.64. The Hall–Kier alpha value is -0.870. The number of benzene rings is 1. The summed E-state index contributed by atoms with van der Waals surface area (Å²) in [4.78, 5) is 0. The molecule has 0 aliphatic heterocycles. The molecular weight excluding hydrogens is 176 g/mol. The van der Waals surface area contributed by atoms with E-state index in [1.807, 2.05) is 19.1 Å². The SMILES string of the molecule is CCc1ccc(OS(=O)[O-])cc1. The Labute approximate surface area is 73.9 Å². The fraction of sp³-hybridized carbons (Fsp3) is 0.250. The Morgan fingerprint density at radius 2 is 2.00 bits per heavy atom. The molecule has 0 aliphatic carbocycles. The van der Waals surface area contributed by atoms with Crippen molar-refractivity contribution in [2.24, 2.45) is 0 Å². The molecule has 1 atom stereocenters. The van der Waals surface area contributed by atoms with Gasteiger partial charge in [-0.05, 0) is 24.1 Å². The van der Waals surface area contributed by atoms with Gasteiger partial charge in [-0.25, -0.2) is 4.21 Å². The van der Waals surface area contributed by atoms with Gasteiger partial charge in [0.15, 0.2) is 0 Å². The number of aryl methyl sites for hydroxylation is 1. The van der Waals surface area contributed by atoms with Crippen LogP contribution in [0.25, 0.3) is 0 Å². The van der Waals surface area contributed by atoms with Gasteiger partial charge in [0.2, 0.25) is 0 Å². The van der Waals surface area contributed by atoms with E-state index in [-0.39, 0.29) is 0 Å². The molecule has 0 aliphatic rings. The van der Waals surface area contributed by atoms with E-state index in [9.17, 15) is 8.76 Å². The summed E-state index contributed by atoms with van der Waals surface area (Å²) >= 11 is -2.48. The summed E-state index contributed by atoms with van der Waals surface area (Å²) in [6.45, 7) is 2.03. The van der Waals surface area contributed by atoms with Gasteiger partial charge in [0.1, 0.15) is 17.1 Å². The van der Waals surface area contributed by atoms with Gasteiger partial charge in [-0.15, -0.1) is 0 Å². The molecule has 66 valence electrons. The van der Waals surface area contributed by atoms with Crippen molar-refractivity contribution < 1.29 is 12.9 Å². The number of hydrogen-bond acceptors (Lipinski definition) is 3. The van der Waals surface area contributed by atoms with Crippen LogP contribution in [0.2, 0.25) is 0 Å². The van der Waals surface area contributed by atoms with Crippen LogP contribution in [0, 0.1) is 0 Å². The topological polar surface area (TPSA) is 49.4 Å². The van der Waals surface area contributed by atoms with E-state index in [0.29, 0.717) is 5.75 Å². The highest BCUT2D eigenvalue weighted by atomic mass is 32.2. The molecule has 0 amide bonds. The van der Waals surface area contributed by atoms with Crippen LogP contribution in [0.4, 0.5) is 0 Å². The lowest BCUT2D eigenvalue weighted by atomic mass is 10.2. The maximum Gasteiger partial charge on any atom is 0.139 e. The molecule has 1 aromatic rings. The predicted molar refractivity (Wildman–Crippen MR) is 45.4 cm³/mol. The molecule has 4 heteroatoms. The van der Waals surface area contributed by atoms with Crippen molar-refractivity contribution in [3.8, 4) is 5.75 Å². The summed E-state index contributed by atoms with van der Waals surface area (Å²) in [6, 6.07) is 6.94. The first-order valence-electron chi connectivity index (χ1n) is 3.59. The van der Waals surface area contributed by atoms with E-state index in [4.69, 9.17) is 0 Å². The minimum absolute atomic E-state index is 0.348. The smallest absolute Gasteiger partial charge is 0.139 e. The predicted octanol–water partition coefficient (Wildman–Crippen LogP) is 1.42. The van der Waals surface area contributed by atoms with Crippen molar-refractivity contribution in [2.45, 2.75) is 13.3 Å². The molecule has 3 nitrogen and oxygen atoms in total. The minimum atomic E-state index is -2.48. The molecule has 1 aromatic carbocycles. The molecule has 0 radical (unpaired) electrons. The van der Waals surface area contributed by atoms with E-state index < -0.39 is 11.4 Å². The van der Waals surface area contributed by atoms with Gasteiger partial charge >= 0.3 is 0 Å². The Morgan fingerprint density at radius 3 is 2.42 bits per heavy atom. The fourth-order valence-corrected chi connectivity index (χ4v) is 1.13. The first kappa shape index (κ1) is 9.22. The number of rotatable bonds is 3. The molecule has 0 N–H and O–H groups in total. The first-order valence-corrected chi connectivity index (χ1v) is 4.59. The van der Waals surface area contributed by atoms with E-state index in [0.717, 1.165) is 12.0 Å². The molecular formula is C8H9O3S-. The van der Waals surface area contributed by atoms with E-state index >= 15 is 0 Å². The molecule has 0 heterocycles. The molecule has 0 aromatic heterocycles. The molecule has 0 spiro atoms. The molecule has 1 rings (SSSR count). The van der Waals surface area contributed by atoms with Gasteiger partial charge in [-0.1, -0.05) is 19.1 Å². The molecule has 1 unspecified atom stereocenters. The van der Waals surface area contributed by atoms with Crippen molar-refractivity contribution in [2.75, 3.05) is 0 Å². The second-order valence-corrected chi connectivity index (χ2v) is 2.86. The Morgan fingerprint density at radius 1 is 1.42 bits per heavy atom. The zero-order chi connectivity index (χ0) is 8.97. The fourth-order valence-electron chi connectivity index (χ4n) is 0.859. The Bertz CT molecular complexity index is 268. The van der Waals surface area contributed by atoms with Crippen LogP contribution in [0.5, 0.6) is 5.75 Å². The third-order valence-corrected chi connectivity index (χ3v) is 1.82. The van der Waals surface area contributed by atoms with Crippen molar-refractivity contribution in [1.82, 2.24) is 0 Å². The average molecular weight is 185 g/mol. The van der Waals surface area contributed by atoms with E-state index in [2.05, 4.69) is 4.18 Å². The van der Waals surface area contributed by atoms with Gasteiger partial charge in [0.25, 0.3) is 0 Å². The average Bonchev–Trinajstić information content (AvgIpc) is 2.05. The van der Waals surface area contributed by atoms with Crippen molar-refractivity contribution in [3.63, 3.8) is 0 Å². The van der Waals surface area contributed by atoms with E-state index in [1.54, 1.807) is 12.1 Å². The van der Waals surface area contributed by atoms with E-state index in [1.165, 1.54) is 0 Å². The lowest BCUT2D eigenvalue weighted by Crippen LogP contribution is -1.97. The van der Waals surface area contributed by atoms with Gasteiger partial charge in [-0.3, -0.25) is 0 Å². The van der Waals surface area contributed by atoms with Gasteiger partial charge in [0, 0.05) is 0 Å². The summed E-state index contributed by atoms with van der Waals surface area (Å²) in [5.41, 5.74) is 1.15. The van der Waals surface area contributed by atoms with Crippen LogP contribution in [-0.2, 0) is 17.8 Å². The number of hydrogen-bond donors (Lipinski definition) is 0. The molecule has 12 heavy (non-hydrogen) atoms. The largest absolute Gasteiger partial charge is 0.740 e. The van der Waals surface area contributed by atoms with Crippen LogP contribution < -0.4 is 4.18 Å². The monoisotopic (exact) mass is 185 g/mol. The minimum Gasteiger partial charge on any atom is -0.740 e. The highest BCUT2D eigenvalue weighted by Gasteiger charge is 1.92. The van der Waals surface area contributed by atoms with Gasteiger partial charge in [0.05, 0.1) is 0 Å². The molecule has 0 fully saturated rings. The highest BCUT2D eigenvalue weighted by molar-refractivity contribution is 7.74. The lowest BCUT2D eigenvalue weighted by Gasteiger charge is -2.06. The zero-order valence-electron chi connectivity index (χ0n) is 6.65.